The fourth-order valence-electron chi connectivity index (χ4n) is 4.23. The van der Waals surface area contributed by atoms with Crippen LogP contribution in [0.1, 0.15) is 46.0 Å². The molecule has 4 heteroatoms. The number of carbonyl (C=O) groups is 2. The van der Waals surface area contributed by atoms with E-state index in [1.807, 2.05) is 0 Å². The predicted molar refractivity (Wildman–Crippen MR) is 66.1 cm³/mol. The van der Waals surface area contributed by atoms with Crippen LogP contribution in [-0.2, 0) is 9.59 Å². The lowest BCUT2D eigenvalue weighted by atomic mass is 9.53. The standard InChI is InChI=1S/C14H22O4/c1-8-4-3-5-10-9(8)6-7-14(2,13(17)18)11(10)12(15)16/h8-11H,3-7H2,1-2H3,(H,15,16)(H,17,18). The second-order valence-electron chi connectivity index (χ2n) is 6.31. The molecule has 0 radical (unpaired) electrons. The summed E-state index contributed by atoms with van der Waals surface area (Å²) in [5.41, 5.74) is -1.09. The summed E-state index contributed by atoms with van der Waals surface area (Å²) < 4.78 is 0. The van der Waals surface area contributed by atoms with Crippen molar-refractivity contribution in [3.8, 4) is 0 Å². The van der Waals surface area contributed by atoms with Crippen LogP contribution in [0.25, 0.3) is 0 Å². The lowest BCUT2D eigenvalue weighted by Crippen LogP contribution is -2.52. The van der Waals surface area contributed by atoms with Crippen molar-refractivity contribution in [1.82, 2.24) is 0 Å². The molecule has 0 aliphatic heterocycles. The zero-order chi connectivity index (χ0) is 13.5. The zero-order valence-electron chi connectivity index (χ0n) is 11.1. The van der Waals surface area contributed by atoms with Crippen molar-refractivity contribution in [1.29, 1.82) is 0 Å². The van der Waals surface area contributed by atoms with Crippen LogP contribution in [-0.4, -0.2) is 22.2 Å². The van der Waals surface area contributed by atoms with Crippen LogP contribution in [0, 0.1) is 29.1 Å². The third-order valence-electron chi connectivity index (χ3n) is 5.34. The molecule has 2 rings (SSSR count). The molecule has 0 heterocycles. The Hall–Kier alpha value is -1.06. The average Bonchev–Trinajstić information content (AvgIpc) is 2.28. The molecule has 0 aromatic rings. The fourth-order valence-corrected chi connectivity index (χ4v) is 4.23. The van der Waals surface area contributed by atoms with Crippen LogP contribution in [0.3, 0.4) is 0 Å². The molecule has 2 aliphatic rings. The Morgan fingerprint density at radius 1 is 1.11 bits per heavy atom. The van der Waals surface area contributed by atoms with E-state index in [9.17, 15) is 19.8 Å². The lowest BCUT2D eigenvalue weighted by molar-refractivity contribution is -0.173. The van der Waals surface area contributed by atoms with E-state index < -0.39 is 23.3 Å². The van der Waals surface area contributed by atoms with Crippen LogP contribution >= 0.6 is 0 Å². The number of carboxylic acid groups (broad SMARTS) is 2. The zero-order valence-corrected chi connectivity index (χ0v) is 11.1. The molecule has 4 nitrogen and oxygen atoms in total. The van der Waals surface area contributed by atoms with Gasteiger partial charge in [0.25, 0.3) is 0 Å². The molecule has 2 aliphatic carbocycles. The Bertz CT molecular complexity index is 365. The van der Waals surface area contributed by atoms with E-state index >= 15 is 0 Å². The minimum absolute atomic E-state index is 0.0427. The second-order valence-corrected chi connectivity index (χ2v) is 6.31. The summed E-state index contributed by atoms with van der Waals surface area (Å²) in [6.45, 7) is 3.79. The second kappa shape index (κ2) is 4.56. The molecule has 0 saturated heterocycles. The summed E-state index contributed by atoms with van der Waals surface area (Å²) in [5.74, 6) is -1.64. The summed E-state index contributed by atoms with van der Waals surface area (Å²) >= 11 is 0. The normalized spacial score (nSPS) is 44.1. The van der Waals surface area contributed by atoms with Crippen LogP contribution in [0.5, 0.6) is 0 Å². The molecule has 2 saturated carbocycles. The van der Waals surface area contributed by atoms with Crippen molar-refractivity contribution in [2.75, 3.05) is 0 Å². The Morgan fingerprint density at radius 3 is 2.33 bits per heavy atom. The molecule has 5 unspecified atom stereocenters. The molecule has 18 heavy (non-hydrogen) atoms. The van der Waals surface area contributed by atoms with Crippen LogP contribution in [0.15, 0.2) is 0 Å². The van der Waals surface area contributed by atoms with E-state index in [0.717, 1.165) is 25.7 Å². The fraction of sp³-hybridized carbons (Fsp3) is 0.857. The van der Waals surface area contributed by atoms with Gasteiger partial charge in [0.05, 0.1) is 11.3 Å². The first-order valence-electron chi connectivity index (χ1n) is 6.84. The van der Waals surface area contributed by atoms with Gasteiger partial charge in [-0.15, -0.1) is 0 Å². The van der Waals surface area contributed by atoms with E-state index in [-0.39, 0.29) is 5.92 Å². The number of carboxylic acids is 2. The van der Waals surface area contributed by atoms with Gasteiger partial charge in [-0.2, -0.15) is 0 Å². The van der Waals surface area contributed by atoms with E-state index in [2.05, 4.69) is 6.92 Å². The van der Waals surface area contributed by atoms with Gasteiger partial charge in [0.15, 0.2) is 0 Å². The number of hydrogen-bond donors (Lipinski definition) is 2. The van der Waals surface area contributed by atoms with Crippen LogP contribution < -0.4 is 0 Å². The van der Waals surface area contributed by atoms with Crippen molar-refractivity contribution in [3.05, 3.63) is 0 Å². The molecule has 5 atom stereocenters. The summed E-state index contributed by atoms with van der Waals surface area (Å²) in [7, 11) is 0. The molecule has 0 aromatic carbocycles. The van der Waals surface area contributed by atoms with Crippen LogP contribution in [0.4, 0.5) is 0 Å². The highest BCUT2D eigenvalue weighted by Gasteiger charge is 2.55. The molecule has 2 N–H and O–H groups in total. The van der Waals surface area contributed by atoms with E-state index in [1.165, 1.54) is 0 Å². The van der Waals surface area contributed by atoms with Gasteiger partial charge >= 0.3 is 11.9 Å². The quantitative estimate of drug-likeness (QED) is 0.794. The van der Waals surface area contributed by atoms with Crippen molar-refractivity contribution >= 4 is 11.9 Å². The van der Waals surface area contributed by atoms with Gasteiger partial charge in [-0.1, -0.05) is 19.8 Å². The summed E-state index contributed by atoms with van der Waals surface area (Å²) in [6, 6.07) is 0. The highest BCUT2D eigenvalue weighted by molar-refractivity contribution is 5.83. The van der Waals surface area contributed by atoms with E-state index in [0.29, 0.717) is 18.3 Å². The number of aliphatic carboxylic acids is 2. The van der Waals surface area contributed by atoms with Gasteiger partial charge in [-0.3, -0.25) is 9.59 Å². The number of hydrogen-bond acceptors (Lipinski definition) is 2. The largest absolute Gasteiger partial charge is 0.481 e. The first-order valence-corrected chi connectivity index (χ1v) is 6.84. The van der Waals surface area contributed by atoms with E-state index in [4.69, 9.17) is 0 Å². The van der Waals surface area contributed by atoms with Gasteiger partial charge in [0, 0.05) is 0 Å². The highest BCUT2D eigenvalue weighted by Crippen LogP contribution is 2.53. The Labute approximate surface area is 107 Å². The molecule has 0 spiro atoms. The molecule has 102 valence electrons. The van der Waals surface area contributed by atoms with Crippen molar-refractivity contribution < 1.29 is 19.8 Å². The minimum Gasteiger partial charge on any atom is -0.481 e. The third-order valence-corrected chi connectivity index (χ3v) is 5.34. The van der Waals surface area contributed by atoms with Crippen LogP contribution in [0.2, 0.25) is 0 Å². The lowest BCUT2D eigenvalue weighted by Gasteiger charge is -2.49. The molecule has 0 amide bonds. The summed E-state index contributed by atoms with van der Waals surface area (Å²) in [5, 5.41) is 18.9. The molecular formula is C14H22O4. The maximum Gasteiger partial charge on any atom is 0.310 e. The van der Waals surface area contributed by atoms with Gasteiger partial charge in [-0.25, -0.2) is 0 Å². The maximum atomic E-state index is 11.6. The van der Waals surface area contributed by atoms with Gasteiger partial charge in [0.2, 0.25) is 0 Å². The monoisotopic (exact) mass is 254 g/mol. The number of rotatable bonds is 2. The average molecular weight is 254 g/mol. The maximum absolute atomic E-state index is 11.6. The molecular weight excluding hydrogens is 232 g/mol. The van der Waals surface area contributed by atoms with Gasteiger partial charge in [0.1, 0.15) is 0 Å². The minimum atomic E-state index is -1.09. The molecule has 0 bridgehead atoms. The summed E-state index contributed by atoms with van der Waals surface area (Å²) in [4.78, 5) is 23.1. The van der Waals surface area contributed by atoms with Gasteiger partial charge in [-0.05, 0) is 43.9 Å². The third kappa shape index (κ3) is 1.91. The highest BCUT2D eigenvalue weighted by atomic mass is 16.4. The molecule has 2 fully saturated rings. The van der Waals surface area contributed by atoms with Crippen molar-refractivity contribution in [2.24, 2.45) is 29.1 Å². The summed E-state index contributed by atoms with van der Waals surface area (Å²) in [6.07, 6.45) is 4.40. The van der Waals surface area contributed by atoms with Gasteiger partial charge < -0.3 is 10.2 Å². The molecule has 0 aromatic heterocycles. The van der Waals surface area contributed by atoms with Crippen molar-refractivity contribution in [2.45, 2.75) is 46.0 Å². The first kappa shape index (κ1) is 13.4. The Kier molecular flexibility index (Phi) is 3.39. The topological polar surface area (TPSA) is 74.6 Å². The Morgan fingerprint density at radius 2 is 1.78 bits per heavy atom. The first-order chi connectivity index (χ1) is 8.38. The smallest absolute Gasteiger partial charge is 0.310 e. The Balaban J connectivity index is 2.35. The predicted octanol–water partition coefficient (Wildman–Crippen LogP) is 2.62. The van der Waals surface area contributed by atoms with Crippen molar-refractivity contribution in [3.63, 3.8) is 0 Å². The number of fused-ring (bicyclic) bond motifs is 1. The SMILES string of the molecule is CC1CCCC2C1CCC(C)(C(=O)O)C2C(=O)O. The van der Waals surface area contributed by atoms with E-state index in [1.54, 1.807) is 6.92 Å².